The molecule has 0 bridgehead atoms. The number of aliphatic hydroxyl groups excluding tert-OH is 1. The van der Waals surface area contributed by atoms with E-state index in [2.05, 4.69) is 0 Å². The van der Waals surface area contributed by atoms with Gasteiger partial charge in [0.25, 0.3) is 0 Å². The van der Waals surface area contributed by atoms with E-state index in [0.29, 0.717) is 30.9 Å². The summed E-state index contributed by atoms with van der Waals surface area (Å²) >= 11 is 0. The molecular weight excluding hydrogens is 378 g/mol. The molecule has 0 radical (unpaired) electrons. The van der Waals surface area contributed by atoms with Crippen LogP contribution in [0.25, 0.3) is 11.1 Å². The molecule has 3 aromatic carbocycles. The van der Waals surface area contributed by atoms with E-state index in [1.165, 1.54) is 0 Å². The summed E-state index contributed by atoms with van der Waals surface area (Å²) in [6, 6.07) is 20.3. The van der Waals surface area contributed by atoms with E-state index >= 15 is 0 Å². The van der Waals surface area contributed by atoms with Crippen LogP contribution in [0.5, 0.6) is 5.75 Å². The van der Waals surface area contributed by atoms with Gasteiger partial charge in [-0.1, -0.05) is 55.5 Å². The lowest BCUT2D eigenvalue weighted by Gasteiger charge is -2.17. The Balaban J connectivity index is 0.000000735. The number of anilines is 1. The van der Waals surface area contributed by atoms with Crippen molar-refractivity contribution in [3.8, 4) is 16.9 Å². The van der Waals surface area contributed by atoms with E-state index in [9.17, 15) is 9.90 Å². The number of phenols is 1. The van der Waals surface area contributed by atoms with Crippen LogP contribution in [0.15, 0.2) is 66.7 Å². The zero-order valence-electron chi connectivity index (χ0n) is 17.5. The molecule has 30 heavy (non-hydrogen) atoms. The van der Waals surface area contributed by atoms with Crippen LogP contribution in [-0.2, 0) is 11.2 Å². The topological polar surface area (TPSA) is 92.8 Å². The second-order valence-corrected chi connectivity index (χ2v) is 6.71. The molecule has 3 rings (SSSR count). The molecule has 0 heterocycles. The van der Waals surface area contributed by atoms with Crippen molar-refractivity contribution in [1.82, 2.24) is 0 Å². The summed E-state index contributed by atoms with van der Waals surface area (Å²) in [5, 5.41) is 17.4. The first kappa shape index (κ1) is 23.0. The number of ether oxygens (including phenoxy) is 1. The zero-order valence-corrected chi connectivity index (χ0v) is 17.5. The minimum Gasteiger partial charge on any atom is -0.508 e. The third kappa shape index (κ3) is 6.09. The number of esters is 1. The van der Waals surface area contributed by atoms with Gasteiger partial charge in [0.15, 0.2) is 0 Å². The molecule has 0 unspecified atom stereocenters. The first-order chi connectivity index (χ1) is 14.5. The van der Waals surface area contributed by atoms with Gasteiger partial charge in [0.1, 0.15) is 5.75 Å². The maximum Gasteiger partial charge on any atom is 0.339 e. The molecule has 0 saturated carbocycles. The largest absolute Gasteiger partial charge is 0.508 e. The highest BCUT2D eigenvalue weighted by Gasteiger charge is 2.21. The third-order valence-electron chi connectivity index (χ3n) is 4.45. The summed E-state index contributed by atoms with van der Waals surface area (Å²) in [6.07, 6.45) is 1.35. The number of phenolic OH excluding ortho intramolecular Hbond substituents is 1. The Morgan fingerprint density at radius 2 is 1.60 bits per heavy atom. The Kier molecular flexibility index (Phi) is 8.91. The molecule has 158 valence electrons. The first-order valence-corrected chi connectivity index (χ1v) is 10.0. The van der Waals surface area contributed by atoms with Gasteiger partial charge in [-0.05, 0) is 53.8 Å². The van der Waals surface area contributed by atoms with Gasteiger partial charge in [0.05, 0.1) is 12.2 Å². The highest BCUT2D eigenvalue weighted by Crippen LogP contribution is 2.32. The number of hydrogen-bond donors (Lipinski definition) is 3. The molecule has 5 nitrogen and oxygen atoms in total. The van der Waals surface area contributed by atoms with Crippen LogP contribution in [0.2, 0.25) is 0 Å². The van der Waals surface area contributed by atoms with Crippen LogP contribution < -0.4 is 5.73 Å². The van der Waals surface area contributed by atoms with E-state index < -0.39 is 0 Å². The first-order valence-electron chi connectivity index (χ1n) is 10.0. The van der Waals surface area contributed by atoms with Gasteiger partial charge in [0.2, 0.25) is 0 Å². The van der Waals surface area contributed by atoms with E-state index in [1.54, 1.807) is 19.1 Å². The number of rotatable bonds is 6. The van der Waals surface area contributed by atoms with Crippen molar-refractivity contribution < 1.29 is 19.7 Å². The maximum atomic E-state index is 12.7. The molecule has 4 N–H and O–H groups in total. The molecule has 0 aromatic heterocycles. The van der Waals surface area contributed by atoms with Crippen LogP contribution in [0.1, 0.15) is 41.8 Å². The quantitative estimate of drug-likeness (QED) is 0.403. The molecule has 3 aromatic rings. The van der Waals surface area contributed by atoms with Gasteiger partial charge >= 0.3 is 5.97 Å². The number of hydrogen-bond acceptors (Lipinski definition) is 5. The fourth-order valence-corrected chi connectivity index (χ4v) is 2.97. The Labute approximate surface area is 177 Å². The monoisotopic (exact) mass is 407 g/mol. The molecule has 0 aliphatic carbocycles. The van der Waals surface area contributed by atoms with Gasteiger partial charge in [-0.25, -0.2) is 4.79 Å². The van der Waals surface area contributed by atoms with E-state index in [4.69, 9.17) is 15.6 Å². The Morgan fingerprint density at radius 1 is 0.967 bits per heavy atom. The maximum absolute atomic E-state index is 12.7. The smallest absolute Gasteiger partial charge is 0.339 e. The second-order valence-electron chi connectivity index (χ2n) is 6.71. The molecule has 0 fully saturated rings. The van der Waals surface area contributed by atoms with Crippen LogP contribution in [-0.4, -0.2) is 29.4 Å². The SMILES string of the molecule is CCCO.CCOC(=O)c1c(-c2ccccc2)ccc(N)c1Cc1ccc(O)cc1. The average Bonchev–Trinajstić information content (AvgIpc) is 2.77. The summed E-state index contributed by atoms with van der Waals surface area (Å²) in [6.45, 7) is 4.33. The molecule has 0 saturated heterocycles. The van der Waals surface area contributed by atoms with Crippen molar-refractivity contribution in [2.45, 2.75) is 26.7 Å². The van der Waals surface area contributed by atoms with Crippen LogP contribution in [0.4, 0.5) is 5.69 Å². The van der Waals surface area contributed by atoms with Crippen LogP contribution in [0, 0.1) is 0 Å². The van der Waals surface area contributed by atoms with Crippen LogP contribution in [0.3, 0.4) is 0 Å². The van der Waals surface area contributed by atoms with Gasteiger partial charge in [-0.15, -0.1) is 0 Å². The molecule has 0 atom stereocenters. The summed E-state index contributed by atoms with van der Waals surface area (Å²) in [5.74, 6) is -0.183. The lowest BCUT2D eigenvalue weighted by Crippen LogP contribution is -2.12. The number of nitrogens with two attached hydrogens (primary N) is 1. The fourth-order valence-electron chi connectivity index (χ4n) is 2.97. The molecule has 0 amide bonds. The Morgan fingerprint density at radius 3 is 2.17 bits per heavy atom. The molecule has 5 heteroatoms. The van der Waals surface area contributed by atoms with Gasteiger partial charge in [-0.3, -0.25) is 0 Å². The minimum absolute atomic E-state index is 0.199. The zero-order chi connectivity index (χ0) is 21.9. The van der Waals surface area contributed by atoms with Gasteiger partial charge < -0.3 is 20.7 Å². The normalized spacial score (nSPS) is 10.1. The third-order valence-corrected chi connectivity index (χ3v) is 4.45. The minimum atomic E-state index is -0.382. The van der Waals surface area contributed by atoms with Crippen molar-refractivity contribution in [2.75, 3.05) is 18.9 Å². The van der Waals surface area contributed by atoms with Crippen molar-refractivity contribution in [3.05, 3.63) is 83.4 Å². The highest BCUT2D eigenvalue weighted by atomic mass is 16.5. The summed E-state index contributed by atoms with van der Waals surface area (Å²) in [4.78, 5) is 12.7. The number of carbonyl (C=O) groups is 1. The summed E-state index contributed by atoms with van der Waals surface area (Å²) in [7, 11) is 0. The highest BCUT2D eigenvalue weighted by molar-refractivity contribution is 6.00. The van der Waals surface area contributed by atoms with Crippen molar-refractivity contribution >= 4 is 11.7 Å². The molecule has 0 spiro atoms. The van der Waals surface area contributed by atoms with Crippen molar-refractivity contribution in [1.29, 1.82) is 0 Å². The number of benzene rings is 3. The van der Waals surface area contributed by atoms with Gasteiger partial charge in [-0.2, -0.15) is 0 Å². The van der Waals surface area contributed by atoms with Gasteiger partial charge in [0, 0.05) is 18.7 Å². The fraction of sp³-hybridized carbons (Fsp3) is 0.240. The standard InChI is InChI=1S/C22H21NO3.C3H8O/c1-2-26-22(25)21-18(16-6-4-3-5-7-16)12-13-20(23)19(21)14-15-8-10-17(24)11-9-15;1-2-3-4/h3-13,24H,2,14,23H2,1H3;4H,2-3H2,1H3. The molecule has 0 aliphatic heterocycles. The molecule has 0 aliphatic rings. The predicted octanol–water partition coefficient (Wildman–Crippen LogP) is 4.80. The summed E-state index contributed by atoms with van der Waals surface area (Å²) in [5.41, 5.74) is 10.7. The second kappa shape index (κ2) is 11.6. The average molecular weight is 408 g/mol. The van der Waals surface area contributed by atoms with E-state index in [0.717, 1.165) is 28.7 Å². The lowest BCUT2D eigenvalue weighted by atomic mass is 9.91. The number of nitrogen functional groups attached to an aromatic ring is 1. The van der Waals surface area contributed by atoms with E-state index in [-0.39, 0.29) is 11.7 Å². The van der Waals surface area contributed by atoms with E-state index in [1.807, 2.05) is 61.5 Å². The van der Waals surface area contributed by atoms with Crippen molar-refractivity contribution in [2.24, 2.45) is 0 Å². The van der Waals surface area contributed by atoms with Crippen LogP contribution >= 0.6 is 0 Å². The number of aromatic hydroxyl groups is 1. The predicted molar refractivity (Wildman–Crippen MR) is 121 cm³/mol. The number of carbonyl (C=O) groups excluding carboxylic acids is 1. The summed E-state index contributed by atoms with van der Waals surface area (Å²) < 4.78 is 5.31. The molecular formula is C25H29NO4. The Hall–Kier alpha value is -3.31. The van der Waals surface area contributed by atoms with Crippen molar-refractivity contribution in [3.63, 3.8) is 0 Å². The lowest BCUT2D eigenvalue weighted by molar-refractivity contribution is 0.0526. The Bertz CT molecular complexity index is 935. The number of aliphatic hydroxyl groups is 1.